The molecule has 2 N–H and O–H groups in total. The summed E-state index contributed by atoms with van der Waals surface area (Å²) in [5, 5.41) is 5.54. The number of benzene rings is 2. The van der Waals surface area contributed by atoms with E-state index in [1.54, 1.807) is 18.3 Å². The Labute approximate surface area is 181 Å². The van der Waals surface area contributed by atoms with Crippen molar-refractivity contribution in [2.24, 2.45) is 0 Å². The van der Waals surface area contributed by atoms with Crippen LogP contribution in [0.3, 0.4) is 0 Å². The summed E-state index contributed by atoms with van der Waals surface area (Å²) in [7, 11) is 5.15. The second kappa shape index (κ2) is 8.69. The van der Waals surface area contributed by atoms with Crippen LogP contribution < -0.4 is 25.0 Å². The fraction of sp³-hybridized carbons (Fsp3) is 0.304. The fourth-order valence-electron chi connectivity index (χ4n) is 3.78. The number of ether oxygens (including phenoxy) is 2. The van der Waals surface area contributed by atoms with Gasteiger partial charge in [-0.2, -0.15) is 0 Å². The Morgan fingerprint density at radius 1 is 0.903 bits per heavy atom. The maximum atomic E-state index is 12.5. The van der Waals surface area contributed by atoms with Crippen LogP contribution in [0.2, 0.25) is 0 Å². The van der Waals surface area contributed by atoms with Gasteiger partial charge in [-0.25, -0.2) is 0 Å². The summed E-state index contributed by atoms with van der Waals surface area (Å²) in [6, 6.07) is 11.3. The van der Waals surface area contributed by atoms with Gasteiger partial charge in [0.05, 0.1) is 25.4 Å². The van der Waals surface area contributed by atoms with Gasteiger partial charge in [-0.05, 0) is 43.4 Å². The highest BCUT2D eigenvalue weighted by Crippen LogP contribution is 2.35. The van der Waals surface area contributed by atoms with Crippen LogP contribution in [0.5, 0.6) is 11.5 Å². The van der Waals surface area contributed by atoms with Gasteiger partial charge in [0.25, 0.3) is 11.8 Å². The van der Waals surface area contributed by atoms with E-state index in [0.29, 0.717) is 28.2 Å². The average Bonchev–Trinajstić information content (AvgIpc) is 2.79. The van der Waals surface area contributed by atoms with Crippen molar-refractivity contribution in [1.82, 2.24) is 10.2 Å². The Balaban J connectivity index is 1.57. The van der Waals surface area contributed by atoms with Gasteiger partial charge >= 0.3 is 0 Å². The Hall–Kier alpha value is -3.52. The Morgan fingerprint density at radius 2 is 1.52 bits per heavy atom. The second-order valence-electron chi connectivity index (χ2n) is 7.58. The van der Waals surface area contributed by atoms with Crippen LogP contribution in [0, 0.1) is 0 Å². The van der Waals surface area contributed by atoms with E-state index in [9.17, 15) is 9.59 Å². The van der Waals surface area contributed by atoms with Crippen molar-refractivity contribution in [2.75, 3.05) is 57.7 Å². The minimum absolute atomic E-state index is 0.346. The van der Waals surface area contributed by atoms with Crippen LogP contribution in [-0.2, 0) is 4.79 Å². The van der Waals surface area contributed by atoms with E-state index in [1.807, 2.05) is 12.1 Å². The Kier molecular flexibility index (Phi) is 5.81. The molecule has 0 radical (unpaired) electrons. The SMILES string of the molecule is COc1cc2c(cc1OC)/C(=C/Nc1ccc(N3CCN(C)CC3)cc1)C(=O)NC2=O. The molecule has 0 saturated carbocycles. The van der Waals surface area contributed by atoms with Gasteiger partial charge < -0.3 is 24.6 Å². The summed E-state index contributed by atoms with van der Waals surface area (Å²) in [5.41, 5.74) is 3.22. The highest BCUT2D eigenvalue weighted by Gasteiger charge is 2.29. The number of rotatable bonds is 5. The van der Waals surface area contributed by atoms with Crippen LogP contribution in [-0.4, -0.2) is 64.2 Å². The molecule has 2 aliphatic rings. The molecule has 2 heterocycles. The Bertz CT molecular complexity index is 1020. The number of nitrogens with zero attached hydrogens (tertiary/aromatic N) is 2. The number of fused-ring (bicyclic) bond motifs is 1. The number of likely N-dealkylation sites (N-methyl/N-ethyl adjacent to an activating group) is 1. The number of carbonyl (C=O) groups is 2. The zero-order valence-electron chi connectivity index (χ0n) is 17.9. The monoisotopic (exact) mass is 422 g/mol. The number of amides is 2. The lowest BCUT2D eigenvalue weighted by Gasteiger charge is -2.34. The van der Waals surface area contributed by atoms with Gasteiger partial charge in [0, 0.05) is 49.3 Å². The maximum absolute atomic E-state index is 12.5. The van der Waals surface area contributed by atoms with Gasteiger partial charge in [-0.15, -0.1) is 0 Å². The summed E-state index contributed by atoms with van der Waals surface area (Å²) >= 11 is 0. The average molecular weight is 422 g/mol. The molecule has 0 aromatic heterocycles. The minimum atomic E-state index is -0.466. The first-order valence-corrected chi connectivity index (χ1v) is 10.1. The van der Waals surface area contributed by atoms with Gasteiger partial charge in [-0.3, -0.25) is 14.9 Å². The van der Waals surface area contributed by atoms with Crippen molar-refractivity contribution in [3.05, 3.63) is 53.7 Å². The van der Waals surface area contributed by atoms with E-state index >= 15 is 0 Å². The third-order valence-corrected chi connectivity index (χ3v) is 5.65. The molecule has 0 unspecified atom stereocenters. The highest BCUT2D eigenvalue weighted by molar-refractivity contribution is 6.31. The van der Waals surface area contributed by atoms with Crippen LogP contribution in [0.15, 0.2) is 42.6 Å². The zero-order chi connectivity index (χ0) is 22.0. The lowest BCUT2D eigenvalue weighted by Crippen LogP contribution is -2.44. The van der Waals surface area contributed by atoms with Crippen LogP contribution >= 0.6 is 0 Å². The predicted octanol–water partition coefficient (Wildman–Crippen LogP) is 2.18. The number of hydrogen-bond acceptors (Lipinski definition) is 7. The van der Waals surface area contributed by atoms with Crippen molar-refractivity contribution in [3.63, 3.8) is 0 Å². The van der Waals surface area contributed by atoms with E-state index < -0.39 is 11.8 Å². The summed E-state index contributed by atoms with van der Waals surface area (Å²) in [4.78, 5) is 29.5. The summed E-state index contributed by atoms with van der Waals surface area (Å²) in [6.45, 7) is 4.11. The summed E-state index contributed by atoms with van der Waals surface area (Å²) in [5.74, 6) is -0.0513. The minimum Gasteiger partial charge on any atom is -0.493 e. The molecule has 1 saturated heterocycles. The number of anilines is 2. The van der Waals surface area contributed by atoms with Crippen LogP contribution in [0.1, 0.15) is 15.9 Å². The first-order valence-electron chi connectivity index (χ1n) is 10.1. The zero-order valence-corrected chi connectivity index (χ0v) is 17.9. The van der Waals surface area contributed by atoms with E-state index in [-0.39, 0.29) is 0 Å². The molecular weight excluding hydrogens is 396 g/mol. The number of nitrogens with one attached hydrogen (secondary N) is 2. The molecule has 0 aliphatic carbocycles. The largest absolute Gasteiger partial charge is 0.493 e. The molecule has 31 heavy (non-hydrogen) atoms. The van der Waals surface area contributed by atoms with Gasteiger partial charge in [0.1, 0.15) is 0 Å². The maximum Gasteiger partial charge on any atom is 0.260 e. The quantitative estimate of drug-likeness (QED) is 0.565. The van der Waals surface area contributed by atoms with E-state index in [2.05, 4.69) is 39.6 Å². The smallest absolute Gasteiger partial charge is 0.260 e. The van der Waals surface area contributed by atoms with Gasteiger partial charge in [-0.1, -0.05) is 0 Å². The first kappa shape index (κ1) is 20.7. The highest BCUT2D eigenvalue weighted by atomic mass is 16.5. The van der Waals surface area contributed by atoms with Crippen molar-refractivity contribution < 1.29 is 19.1 Å². The molecular formula is C23H26N4O4. The normalized spacial score (nSPS) is 17.9. The fourth-order valence-corrected chi connectivity index (χ4v) is 3.78. The molecule has 4 rings (SSSR count). The molecule has 162 valence electrons. The molecule has 0 bridgehead atoms. The molecule has 2 aromatic rings. The predicted molar refractivity (Wildman–Crippen MR) is 120 cm³/mol. The molecule has 2 amide bonds. The number of methoxy groups -OCH3 is 2. The van der Waals surface area contributed by atoms with Crippen molar-refractivity contribution in [3.8, 4) is 11.5 Å². The van der Waals surface area contributed by atoms with Crippen LogP contribution in [0.25, 0.3) is 5.57 Å². The molecule has 0 atom stereocenters. The van der Waals surface area contributed by atoms with Crippen molar-refractivity contribution in [1.29, 1.82) is 0 Å². The van der Waals surface area contributed by atoms with Crippen LogP contribution in [0.4, 0.5) is 11.4 Å². The number of imide groups is 1. The summed E-state index contributed by atoms with van der Waals surface area (Å²) < 4.78 is 10.6. The van der Waals surface area contributed by atoms with E-state index in [0.717, 1.165) is 31.9 Å². The molecule has 1 fully saturated rings. The van der Waals surface area contributed by atoms with E-state index in [4.69, 9.17) is 9.47 Å². The lowest BCUT2D eigenvalue weighted by atomic mass is 9.94. The number of piperazine rings is 1. The molecule has 8 nitrogen and oxygen atoms in total. The number of carbonyl (C=O) groups excluding carboxylic acids is 2. The Morgan fingerprint density at radius 3 is 2.13 bits per heavy atom. The van der Waals surface area contributed by atoms with Crippen molar-refractivity contribution >= 4 is 28.8 Å². The molecule has 8 heteroatoms. The van der Waals surface area contributed by atoms with Gasteiger partial charge in [0.15, 0.2) is 11.5 Å². The molecule has 0 spiro atoms. The topological polar surface area (TPSA) is 83.1 Å². The molecule has 2 aliphatic heterocycles. The number of hydrogen-bond donors (Lipinski definition) is 2. The third-order valence-electron chi connectivity index (χ3n) is 5.65. The molecule has 2 aromatic carbocycles. The summed E-state index contributed by atoms with van der Waals surface area (Å²) in [6.07, 6.45) is 1.61. The standard InChI is InChI=1S/C23H26N4O4/c1-26-8-10-27(11-9-26)16-6-4-15(5-7-16)24-14-19-17-12-20(30-2)21(31-3)13-18(17)22(28)25-23(19)29/h4-7,12-14,24H,8-11H2,1-3H3,(H,25,28,29)/b19-14-. The van der Waals surface area contributed by atoms with Crippen molar-refractivity contribution in [2.45, 2.75) is 0 Å². The second-order valence-corrected chi connectivity index (χ2v) is 7.58. The van der Waals surface area contributed by atoms with E-state index in [1.165, 1.54) is 19.9 Å². The van der Waals surface area contributed by atoms with Gasteiger partial charge in [0.2, 0.25) is 0 Å². The first-order chi connectivity index (χ1) is 15.0. The lowest BCUT2D eigenvalue weighted by molar-refractivity contribution is -0.114. The third kappa shape index (κ3) is 4.20.